The van der Waals surface area contributed by atoms with E-state index in [-0.39, 0.29) is 29.8 Å². The van der Waals surface area contributed by atoms with E-state index >= 15 is 0 Å². The van der Waals surface area contributed by atoms with Gasteiger partial charge in [0, 0.05) is 17.0 Å². The van der Waals surface area contributed by atoms with Gasteiger partial charge in [-0.3, -0.25) is 4.79 Å². The zero-order valence-corrected chi connectivity index (χ0v) is 21.9. The Kier molecular flexibility index (Phi) is 7.86. The number of aliphatic hydroxyl groups excluding tert-OH is 1. The van der Waals surface area contributed by atoms with E-state index in [0.29, 0.717) is 29.4 Å². The predicted octanol–water partition coefficient (Wildman–Crippen LogP) is 5.08. The predicted molar refractivity (Wildman–Crippen MR) is 136 cm³/mol. The lowest BCUT2D eigenvalue weighted by Gasteiger charge is -2.23. The van der Waals surface area contributed by atoms with E-state index < -0.39 is 23.4 Å². The molecule has 200 valence electrons. The number of aliphatic hydroxyl groups is 1. The lowest BCUT2D eigenvalue weighted by atomic mass is 10.0. The summed E-state index contributed by atoms with van der Waals surface area (Å²) in [7, 11) is 0. The summed E-state index contributed by atoms with van der Waals surface area (Å²) in [5.74, 6) is 0.818. The number of nitrogens with one attached hydrogen (secondary N) is 1. The number of aromatic nitrogens is 4. The van der Waals surface area contributed by atoms with Crippen LogP contribution in [0.3, 0.4) is 0 Å². The molecule has 1 unspecified atom stereocenters. The molecule has 2 aromatic heterocycles. The number of carbonyl (C=O) groups is 1. The molecule has 10 nitrogen and oxygen atoms in total. The third-order valence-electron chi connectivity index (χ3n) is 5.73. The van der Waals surface area contributed by atoms with Crippen molar-refractivity contribution in [2.45, 2.75) is 58.6 Å². The Labute approximate surface area is 219 Å². The molecular formula is C27H30FN5O5. The van der Waals surface area contributed by atoms with Gasteiger partial charge in [0.15, 0.2) is 6.10 Å². The van der Waals surface area contributed by atoms with E-state index in [0.717, 1.165) is 5.56 Å². The van der Waals surface area contributed by atoms with Crippen LogP contribution in [0.2, 0.25) is 0 Å². The normalized spacial score (nSPS) is 12.5. The maximum absolute atomic E-state index is 14.7. The fourth-order valence-electron chi connectivity index (χ4n) is 3.48. The van der Waals surface area contributed by atoms with E-state index in [4.69, 9.17) is 13.8 Å². The average molecular weight is 524 g/mol. The molecule has 4 aromatic rings. The molecule has 1 amide bonds. The van der Waals surface area contributed by atoms with Crippen LogP contribution in [-0.4, -0.2) is 43.4 Å². The Hall–Kier alpha value is -4.12. The summed E-state index contributed by atoms with van der Waals surface area (Å²) in [5.41, 5.74) is 0.0964. The van der Waals surface area contributed by atoms with Crippen molar-refractivity contribution < 1.29 is 28.1 Å². The molecule has 1 atom stereocenters. The van der Waals surface area contributed by atoms with Crippen molar-refractivity contribution in [3.8, 4) is 28.5 Å². The van der Waals surface area contributed by atoms with Crippen LogP contribution in [0.25, 0.3) is 22.8 Å². The smallest absolute Gasteiger partial charge is 0.268 e. The van der Waals surface area contributed by atoms with Crippen LogP contribution < -0.4 is 10.1 Å². The van der Waals surface area contributed by atoms with E-state index in [2.05, 4.69) is 25.6 Å². The molecule has 2 N–H and O–H groups in total. The zero-order valence-electron chi connectivity index (χ0n) is 21.9. The SMILES string of the molecule is CCC(Oc1ccc(-c2noc(C(C)C)n2)cc1)c1nc(-c2ccc(C(=O)NC(C)(C)CO)c(F)c2)no1. The third-order valence-corrected chi connectivity index (χ3v) is 5.73. The Morgan fingerprint density at radius 3 is 2.21 bits per heavy atom. The number of hydrogen-bond donors (Lipinski definition) is 2. The summed E-state index contributed by atoms with van der Waals surface area (Å²) in [6.45, 7) is 8.86. The lowest BCUT2D eigenvalue weighted by molar-refractivity contribution is 0.0865. The molecule has 11 heteroatoms. The van der Waals surface area contributed by atoms with Crippen molar-refractivity contribution in [1.82, 2.24) is 25.6 Å². The van der Waals surface area contributed by atoms with Crippen LogP contribution in [0.4, 0.5) is 4.39 Å². The van der Waals surface area contributed by atoms with Gasteiger partial charge in [-0.2, -0.15) is 9.97 Å². The fraction of sp³-hybridized carbons (Fsp3) is 0.370. The van der Waals surface area contributed by atoms with Gasteiger partial charge >= 0.3 is 0 Å². The molecule has 0 saturated heterocycles. The minimum absolute atomic E-state index is 0.140. The van der Waals surface area contributed by atoms with E-state index in [9.17, 15) is 14.3 Å². The first kappa shape index (κ1) is 26.9. The van der Waals surface area contributed by atoms with Gasteiger partial charge in [0.05, 0.1) is 17.7 Å². The largest absolute Gasteiger partial charge is 0.481 e. The molecule has 2 heterocycles. The number of rotatable bonds is 10. The highest BCUT2D eigenvalue weighted by atomic mass is 19.1. The summed E-state index contributed by atoms with van der Waals surface area (Å²) in [5, 5.41) is 19.9. The number of halogens is 1. The number of amides is 1. The van der Waals surface area contributed by atoms with Crippen molar-refractivity contribution in [1.29, 1.82) is 0 Å². The van der Waals surface area contributed by atoms with Crippen LogP contribution in [-0.2, 0) is 0 Å². The molecule has 4 rings (SSSR count). The molecule has 0 bridgehead atoms. The maximum Gasteiger partial charge on any atom is 0.268 e. The van der Waals surface area contributed by atoms with Crippen LogP contribution in [0.5, 0.6) is 5.75 Å². The first-order valence-electron chi connectivity index (χ1n) is 12.3. The first-order chi connectivity index (χ1) is 18.1. The van der Waals surface area contributed by atoms with E-state index in [1.165, 1.54) is 18.2 Å². The van der Waals surface area contributed by atoms with Crippen LogP contribution in [0.15, 0.2) is 51.5 Å². The molecule has 0 spiro atoms. The van der Waals surface area contributed by atoms with Crippen LogP contribution in [0, 0.1) is 5.82 Å². The van der Waals surface area contributed by atoms with Gasteiger partial charge in [0.25, 0.3) is 11.8 Å². The second-order valence-electron chi connectivity index (χ2n) is 9.80. The topological polar surface area (TPSA) is 136 Å². The molecule has 38 heavy (non-hydrogen) atoms. The second kappa shape index (κ2) is 11.1. The van der Waals surface area contributed by atoms with Gasteiger partial charge in [-0.1, -0.05) is 37.2 Å². The van der Waals surface area contributed by atoms with Crippen LogP contribution in [0.1, 0.15) is 75.2 Å². The highest BCUT2D eigenvalue weighted by molar-refractivity contribution is 5.95. The summed E-state index contributed by atoms with van der Waals surface area (Å²) in [6.07, 6.45) is 0.00974. The minimum Gasteiger partial charge on any atom is -0.481 e. The summed E-state index contributed by atoms with van der Waals surface area (Å²) < 4.78 is 31.5. The standard InChI is InChI=1S/C27H30FN5O5/c1-6-21(36-18-10-7-16(8-11-18)22-29-25(15(2)3)37-32-22)26-30-23(33-38-26)17-9-12-19(20(28)13-17)24(35)31-27(4,5)14-34/h7-13,15,21,34H,6,14H2,1-5H3,(H,31,35). The van der Waals surface area contributed by atoms with Gasteiger partial charge in [-0.25, -0.2) is 4.39 Å². The Morgan fingerprint density at radius 1 is 1.03 bits per heavy atom. The molecule has 0 radical (unpaired) electrons. The highest BCUT2D eigenvalue weighted by Crippen LogP contribution is 2.28. The molecule has 0 saturated carbocycles. The van der Waals surface area contributed by atoms with Crippen LogP contribution >= 0.6 is 0 Å². The summed E-state index contributed by atoms with van der Waals surface area (Å²) in [4.78, 5) is 21.2. The van der Waals surface area contributed by atoms with Gasteiger partial charge < -0.3 is 24.2 Å². The Balaban J connectivity index is 1.46. The van der Waals surface area contributed by atoms with Crippen molar-refractivity contribution >= 4 is 5.91 Å². The monoisotopic (exact) mass is 523 g/mol. The fourth-order valence-corrected chi connectivity index (χ4v) is 3.48. The van der Waals surface area contributed by atoms with Gasteiger partial charge in [-0.05, 0) is 56.7 Å². The van der Waals surface area contributed by atoms with Gasteiger partial charge in [0.1, 0.15) is 11.6 Å². The quantitative estimate of drug-likeness (QED) is 0.291. The zero-order chi connectivity index (χ0) is 27.4. The van der Waals surface area contributed by atoms with Crippen molar-refractivity contribution in [2.75, 3.05) is 6.61 Å². The maximum atomic E-state index is 14.7. The number of hydrogen-bond acceptors (Lipinski definition) is 9. The minimum atomic E-state index is -0.884. The average Bonchev–Trinajstić information content (AvgIpc) is 3.58. The summed E-state index contributed by atoms with van der Waals surface area (Å²) in [6, 6.07) is 11.3. The Bertz CT molecular complexity index is 1400. The number of nitrogens with zero attached hydrogens (tertiary/aromatic N) is 4. The third kappa shape index (κ3) is 6.05. The molecule has 2 aromatic carbocycles. The molecular weight excluding hydrogens is 493 g/mol. The lowest BCUT2D eigenvalue weighted by Crippen LogP contribution is -2.46. The number of ether oxygens (including phenoxy) is 1. The second-order valence-corrected chi connectivity index (χ2v) is 9.80. The van der Waals surface area contributed by atoms with Crippen molar-refractivity contribution in [3.63, 3.8) is 0 Å². The first-order valence-corrected chi connectivity index (χ1v) is 12.3. The molecule has 0 aliphatic heterocycles. The Morgan fingerprint density at radius 2 is 1.63 bits per heavy atom. The van der Waals surface area contributed by atoms with Crippen molar-refractivity contribution in [2.24, 2.45) is 0 Å². The number of benzene rings is 2. The summed E-state index contributed by atoms with van der Waals surface area (Å²) >= 11 is 0. The van der Waals surface area contributed by atoms with Crippen molar-refractivity contribution in [3.05, 3.63) is 65.6 Å². The van der Waals surface area contributed by atoms with Gasteiger partial charge in [0.2, 0.25) is 17.5 Å². The highest BCUT2D eigenvalue weighted by Gasteiger charge is 2.24. The molecule has 0 fully saturated rings. The number of carbonyl (C=O) groups excluding carboxylic acids is 1. The molecule has 0 aliphatic rings. The van der Waals surface area contributed by atoms with E-state index in [1.54, 1.807) is 26.0 Å². The molecule has 0 aliphatic carbocycles. The van der Waals surface area contributed by atoms with Gasteiger partial charge in [-0.15, -0.1) is 0 Å². The van der Waals surface area contributed by atoms with E-state index in [1.807, 2.05) is 32.9 Å².